The van der Waals surface area contributed by atoms with E-state index < -0.39 is 0 Å². The molecule has 0 radical (unpaired) electrons. The fourth-order valence-corrected chi connectivity index (χ4v) is 1.74. The minimum absolute atomic E-state index is 0.0254. The number of benzene rings is 1. The van der Waals surface area contributed by atoms with Gasteiger partial charge in [0.25, 0.3) is 0 Å². The molecule has 4 nitrogen and oxygen atoms in total. The molecular weight excluding hydrogens is 228 g/mol. The molecule has 0 saturated carbocycles. The van der Waals surface area contributed by atoms with Crippen molar-refractivity contribution in [3.8, 4) is 0 Å². The van der Waals surface area contributed by atoms with Crippen LogP contribution in [0, 0.1) is 6.57 Å². The molecule has 0 bridgehead atoms. The number of rotatable bonds is 6. The summed E-state index contributed by atoms with van der Waals surface area (Å²) in [4.78, 5) is 17.3. The summed E-state index contributed by atoms with van der Waals surface area (Å²) in [6.45, 7) is 7.56. The van der Waals surface area contributed by atoms with Crippen molar-refractivity contribution < 1.29 is 9.90 Å². The highest BCUT2D eigenvalue weighted by Crippen LogP contribution is 2.20. The fraction of sp³-hybridized carbons (Fsp3) is 0.429. The standard InChI is InChI=1S/C14H18N2O2/c1-15-12-6-7-13(11(9-12)10-17)14(18)5-4-8-16(2)3/h6-7,9,17H,4-5,8,10H2,2-3H3. The van der Waals surface area contributed by atoms with Gasteiger partial charge in [0.15, 0.2) is 11.5 Å². The van der Waals surface area contributed by atoms with Crippen LogP contribution in [0.15, 0.2) is 18.2 Å². The average Bonchev–Trinajstić information content (AvgIpc) is 2.37. The maximum absolute atomic E-state index is 12.0. The molecule has 1 N–H and O–H groups in total. The predicted molar refractivity (Wildman–Crippen MR) is 70.7 cm³/mol. The molecule has 0 unspecified atom stereocenters. The van der Waals surface area contributed by atoms with E-state index in [2.05, 4.69) is 4.85 Å². The fourth-order valence-electron chi connectivity index (χ4n) is 1.74. The van der Waals surface area contributed by atoms with Crippen LogP contribution in [0.4, 0.5) is 5.69 Å². The van der Waals surface area contributed by atoms with E-state index in [0.29, 0.717) is 23.2 Å². The molecular formula is C14H18N2O2. The summed E-state index contributed by atoms with van der Waals surface area (Å²) in [5.41, 5.74) is 1.52. The molecule has 18 heavy (non-hydrogen) atoms. The highest BCUT2D eigenvalue weighted by molar-refractivity contribution is 5.97. The minimum atomic E-state index is -0.210. The molecule has 0 aromatic heterocycles. The highest BCUT2D eigenvalue weighted by Gasteiger charge is 2.11. The van der Waals surface area contributed by atoms with Crippen molar-refractivity contribution in [3.05, 3.63) is 40.7 Å². The van der Waals surface area contributed by atoms with Crippen LogP contribution in [0.3, 0.4) is 0 Å². The molecule has 0 aliphatic carbocycles. The summed E-state index contributed by atoms with van der Waals surface area (Å²) >= 11 is 0. The van der Waals surface area contributed by atoms with E-state index in [1.165, 1.54) is 0 Å². The van der Waals surface area contributed by atoms with Crippen LogP contribution in [-0.2, 0) is 6.61 Å². The predicted octanol–water partition coefficient (Wildman–Crippen LogP) is 2.25. The number of ketones is 1. The molecule has 1 aromatic rings. The Hall–Kier alpha value is -1.70. The van der Waals surface area contributed by atoms with Gasteiger partial charge in [-0.1, -0.05) is 18.2 Å². The van der Waals surface area contributed by atoms with E-state index in [1.807, 2.05) is 19.0 Å². The molecule has 0 atom stereocenters. The molecule has 1 aromatic carbocycles. The minimum Gasteiger partial charge on any atom is -0.392 e. The van der Waals surface area contributed by atoms with E-state index >= 15 is 0 Å². The van der Waals surface area contributed by atoms with Gasteiger partial charge in [-0.3, -0.25) is 4.79 Å². The van der Waals surface area contributed by atoms with Gasteiger partial charge in [0.05, 0.1) is 13.2 Å². The Morgan fingerprint density at radius 1 is 1.44 bits per heavy atom. The summed E-state index contributed by atoms with van der Waals surface area (Å²) in [6, 6.07) is 4.83. The zero-order valence-corrected chi connectivity index (χ0v) is 10.8. The van der Waals surface area contributed by atoms with Gasteiger partial charge in [-0.25, -0.2) is 4.85 Å². The van der Waals surface area contributed by atoms with Crippen molar-refractivity contribution in [1.29, 1.82) is 0 Å². The van der Waals surface area contributed by atoms with Crippen LogP contribution >= 0.6 is 0 Å². The van der Waals surface area contributed by atoms with E-state index in [0.717, 1.165) is 13.0 Å². The second-order valence-electron chi connectivity index (χ2n) is 4.44. The second kappa shape index (κ2) is 6.90. The number of nitrogens with zero attached hydrogens (tertiary/aromatic N) is 2. The Bertz CT molecular complexity index is 461. The van der Waals surface area contributed by atoms with Crippen LogP contribution in [-0.4, -0.2) is 36.4 Å². The molecule has 0 aliphatic heterocycles. The summed E-state index contributed by atoms with van der Waals surface area (Å²) in [7, 11) is 3.93. The second-order valence-corrected chi connectivity index (χ2v) is 4.44. The molecule has 96 valence electrons. The van der Waals surface area contributed by atoms with Crippen molar-refractivity contribution in [3.63, 3.8) is 0 Å². The first-order valence-electron chi connectivity index (χ1n) is 5.87. The highest BCUT2D eigenvalue weighted by atomic mass is 16.3. The lowest BCUT2D eigenvalue weighted by Gasteiger charge is -2.10. The van der Waals surface area contributed by atoms with Gasteiger partial charge >= 0.3 is 0 Å². The number of aliphatic hydroxyl groups excluding tert-OH is 1. The van der Waals surface area contributed by atoms with Gasteiger partial charge in [-0.2, -0.15) is 0 Å². The van der Waals surface area contributed by atoms with E-state index in [1.54, 1.807) is 18.2 Å². The largest absolute Gasteiger partial charge is 0.392 e. The molecule has 0 fully saturated rings. The first-order valence-corrected chi connectivity index (χ1v) is 5.87. The Balaban J connectivity index is 2.76. The van der Waals surface area contributed by atoms with Gasteiger partial charge in [0, 0.05) is 12.0 Å². The number of hydrogen-bond acceptors (Lipinski definition) is 3. The quantitative estimate of drug-likeness (QED) is 0.618. The Morgan fingerprint density at radius 2 is 2.17 bits per heavy atom. The van der Waals surface area contributed by atoms with Crippen molar-refractivity contribution >= 4 is 11.5 Å². The number of hydrogen-bond donors (Lipinski definition) is 1. The molecule has 0 heterocycles. The Kier molecular flexibility index (Phi) is 5.50. The van der Waals surface area contributed by atoms with Crippen LogP contribution in [0.25, 0.3) is 4.85 Å². The van der Waals surface area contributed by atoms with Gasteiger partial charge in [-0.05, 0) is 32.6 Å². The molecule has 0 saturated heterocycles. The van der Waals surface area contributed by atoms with Crippen molar-refractivity contribution in [2.75, 3.05) is 20.6 Å². The van der Waals surface area contributed by atoms with Crippen LogP contribution in [0.2, 0.25) is 0 Å². The first kappa shape index (κ1) is 14.4. The first-order chi connectivity index (χ1) is 8.58. The lowest BCUT2D eigenvalue weighted by atomic mass is 10.00. The zero-order chi connectivity index (χ0) is 13.5. The maximum atomic E-state index is 12.0. The molecule has 4 heteroatoms. The Morgan fingerprint density at radius 3 is 2.72 bits per heavy atom. The molecule has 0 aliphatic rings. The topological polar surface area (TPSA) is 44.9 Å². The van der Waals surface area contributed by atoms with Gasteiger partial charge in [-0.15, -0.1) is 0 Å². The van der Waals surface area contributed by atoms with E-state index in [4.69, 9.17) is 6.57 Å². The monoisotopic (exact) mass is 246 g/mol. The Labute approximate surface area is 108 Å². The third kappa shape index (κ3) is 3.95. The zero-order valence-electron chi connectivity index (χ0n) is 10.8. The van der Waals surface area contributed by atoms with Gasteiger partial charge in [0.2, 0.25) is 0 Å². The normalized spacial score (nSPS) is 10.4. The third-order valence-corrected chi connectivity index (χ3v) is 2.70. The van der Waals surface area contributed by atoms with E-state index in [-0.39, 0.29) is 12.4 Å². The van der Waals surface area contributed by atoms with E-state index in [9.17, 15) is 9.90 Å². The summed E-state index contributed by atoms with van der Waals surface area (Å²) in [6.07, 6.45) is 1.25. The lowest BCUT2D eigenvalue weighted by Crippen LogP contribution is -2.14. The van der Waals surface area contributed by atoms with Crippen molar-refractivity contribution in [2.24, 2.45) is 0 Å². The van der Waals surface area contributed by atoms with Crippen LogP contribution in [0.1, 0.15) is 28.8 Å². The maximum Gasteiger partial charge on any atom is 0.187 e. The molecule has 0 spiro atoms. The SMILES string of the molecule is [C-]#[N+]c1ccc(C(=O)CCCN(C)C)c(CO)c1. The summed E-state index contributed by atoms with van der Waals surface area (Å²) < 4.78 is 0. The molecule has 0 amide bonds. The number of Topliss-reactive ketones (excluding diaryl/α,β-unsaturated/α-hetero) is 1. The molecule has 1 rings (SSSR count). The summed E-state index contributed by atoms with van der Waals surface area (Å²) in [5, 5.41) is 9.24. The van der Waals surface area contributed by atoms with Crippen LogP contribution < -0.4 is 0 Å². The van der Waals surface area contributed by atoms with Crippen LogP contribution in [0.5, 0.6) is 0 Å². The number of aliphatic hydroxyl groups is 1. The average molecular weight is 246 g/mol. The number of carbonyl (C=O) groups is 1. The summed E-state index contributed by atoms with van der Waals surface area (Å²) in [5.74, 6) is 0.0254. The number of carbonyl (C=O) groups excluding carboxylic acids is 1. The third-order valence-electron chi connectivity index (χ3n) is 2.70. The van der Waals surface area contributed by atoms with Gasteiger partial charge < -0.3 is 10.0 Å². The van der Waals surface area contributed by atoms with Crippen molar-refractivity contribution in [1.82, 2.24) is 4.90 Å². The lowest BCUT2D eigenvalue weighted by molar-refractivity contribution is 0.0974. The smallest absolute Gasteiger partial charge is 0.187 e. The van der Waals surface area contributed by atoms with Crippen molar-refractivity contribution in [2.45, 2.75) is 19.4 Å². The van der Waals surface area contributed by atoms with Gasteiger partial charge in [0.1, 0.15) is 0 Å².